The highest BCUT2D eigenvalue weighted by molar-refractivity contribution is 5.93. The molecule has 18 heavy (non-hydrogen) atoms. The Morgan fingerprint density at radius 3 is 2.39 bits per heavy atom. The van der Waals surface area contributed by atoms with Crippen LogP contribution in [0.2, 0.25) is 0 Å². The van der Waals surface area contributed by atoms with Crippen LogP contribution in [0.15, 0.2) is 30.3 Å². The maximum Gasteiger partial charge on any atom is 0.389 e. The first kappa shape index (κ1) is 14.3. The molecule has 0 saturated carbocycles. The Kier molecular flexibility index (Phi) is 4.95. The summed E-state index contributed by atoms with van der Waals surface area (Å²) in [5.41, 5.74) is 6.89. The predicted octanol–water partition coefficient (Wildman–Crippen LogP) is 3.58. The van der Waals surface area contributed by atoms with Crippen LogP contribution in [0.1, 0.15) is 24.8 Å². The number of nitrogens with two attached hydrogens (primary N) is 1. The van der Waals surface area contributed by atoms with Gasteiger partial charge in [-0.1, -0.05) is 18.2 Å². The number of nitrogen functional groups attached to an aromatic ring is 1. The number of rotatable bonds is 5. The minimum Gasteiger partial charge on any atom is -0.399 e. The van der Waals surface area contributed by atoms with E-state index >= 15 is 0 Å². The van der Waals surface area contributed by atoms with Crippen LogP contribution >= 0.6 is 0 Å². The van der Waals surface area contributed by atoms with Crippen molar-refractivity contribution in [3.63, 3.8) is 0 Å². The molecule has 1 aromatic carbocycles. The summed E-state index contributed by atoms with van der Waals surface area (Å²) in [6.45, 7) is 0. The molecule has 0 unspecified atom stereocenters. The Hall–Kier alpha value is -1.78. The fourth-order valence-corrected chi connectivity index (χ4v) is 1.34. The molecule has 0 aliphatic carbocycles. The smallest absolute Gasteiger partial charge is 0.389 e. The van der Waals surface area contributed by atoms with Gasteiger partial charge in [0, 0.05) is 18.5 Å². The van der Waals surface area contributed by atoms with Crippen molar-refractivity contribution in [2.45, 2.75) is 25.4 Å². The lowest BCUT2D eigenvalue weighted by molar-refractivity contribution is -0.136. The van der Waals surface area contributed by atoms with E-state index in [0.29, 0.717) is 5.69 Å². The number of hydrogen-bond acceptors (Lipinski definition) is 2. The van der Waals surface area contributed by atoms with Crippen LogP contribution in [0.4, 0.5) is 18.9 Å². The average molecular weight is 257 g/mol. The Morgan fingerprint density at radius 2 is 1.83 bits per heavy atom. The fourth-order valence-electron chi connectivity index (χ4n) is 1.34. The second-order valence-electron chi connectivity index (χ2n) is 3.94. The quantitative estimate of drug-likeness (QED) is 0.647. The van der Waals surface area contributed by atoms with Crippen molar-refractivity contribution in [2.24, 2.45) is 0 Å². The summed E-state index contributed by atoms with van der Waals surface area (Å²) in [6.07, 6.45) is -2.52. The van der Waals surface area contributed by atoms with E-state index in [1.165, 1.54) is 6.08 Å². The standard InChI is InChI=1S/C13H14F3NO/c14-13(15,16)9-1-2-12(18)8-5-10-3-6-11(17)7-4-10/h3-8H,1-2,9,17H2/b8-5+. The maximum absolute atomic E-state index is 11.9. The lowest BCUT2D eigenvalue weighted by atomic mass is 10.1. The normalized spacial score (nSPS) is 11.9. The van der Waals surface area contributed by atoms with E-state index in [0.717, 1.165) is 5.56 Å². The number of ketones is 1. The third-order valence-electron chi connectivity index (χ3n) is 2.28. The van der Waals surface area contributed by atoms with Gasteiger partial charge in [0.1, 0.15) is 0 Å². The van der Waals surface area contributed by atoms with E-state index in [2.05, 4.69) is 0 Å². The van der Waals surface area contributed by atoms with E-state index in [1.54, 1.807) is 30.3 Å². The number of alkyl halides is 3. The zero-order valence-electron chi connectivity index (χ0n) is 9.70. The molecule has 1 aromatic rings. The molecule has 1 rings (SSSR count). The third-order valence-corrected chi connectivity index (χ3v) is 2.28. The molecule has 98 valence electrons. The molecule has 0 spiro atoms. The number of hydrogen-bond donors (Lipinski definition) is 1. The van der Waals surface area contributed by atoms with Crippen LogP contribution in [0.25, 0.3) is 6.08 Å². The first-order chi connectivity index (χ1) is 8.37. The van der Waals surface area contributed by atoms with Gasteiger partial charge in [-0.05, 0) is 30.2 Å². The van der Waals surface area contributed by atoms with Gasteiger partial charge < -0.3 is 5.73 Å². The SMILES string of the molecule is Nc1ccc(/C=C/C(=O)CCCC(F)(F)F)cc1. The highest BCUT2D eigenvalue weighted by Gasteiger charge is 2.26. The minimum atomic E-state index is -4.19. The number of anilines is 1. The molecule has 0 aliphatic heterocycles. The maximum atomic E-state index is 11.9. The second kappa shape index (κ2) is 6.23. The summed E-state index contributed by atoms with van der Waals surface area (Å²) < 4.78 is 35.6. The molecule has 0 radical (unpaired) electrons. The van der Waals surface area contributed by atoms with Crippen molar-refractivity contribution < 1.29 is 18.0 Å². The molecule has 0 atom stereocenters. The third kappa shape index (κ3) is 6.08. The summed E-state index contributed by atoms with van der Waals surface area (Å²) in [6, 6.07) is 6.84. The summed E-state index contributed by atoms with van der Waals surface area (Å²) in [7, 11) is 0. The fraction of sp³-hybridized carbons (Fsp3) is 0.308. The number of allylic oxidation sites excluding steroid dienone is 1. The number of benzene rings is 1. The molecule has 0 bridgehead atoms. The van der Waals surface area contributed by atoms with Gasteiger partial charge in [-0.15, -0.1) is 0 Å². The van der Waals surface area contributed by atoms with Crippen LogP contribution in [0, 0.1) is 0 Å². The topological polar surface area (TPSA) is 43.1 Å². The van der Waals surface area contributed by atoms with Gasteiger partial charge in [-0.25, -0.2) is 0 Å². The van der Waals surface area contributed by atoms with E-state index < -0.39 is 12.6 Å². The van der Waals surface area contributed by atoms with Crippen molar-refractivity contribution in [3.05, 3.63) is 35.9 Å². The molecular formula is C13H14F3NO. The lowest BCUT2D eigenvalue weighted by Gasteiger charge is -2.03. The van der Waals surface area contributed by atoms with Gasteiger partial charge in [-0.2, -0.15) is 13.2 Å². The molecular weight excluding hydrogens is 243 g/mol. The largest absolute Gasteiger partial charge is 0.399 e. The highest BCUT2D eigenvalue weighted by Crippen LogP contribution is 2.22. The van der Waals surface area contributed by atoms with E-state index in [-0.39, 0.29) is 18.6 Å². The highest BCUT2D eigenvalue weighted by atomic mass is 19.4. The van der Waals surface area contributed by atoms with Crippen molar-refractivity contribution in [2.75, 3.05) is 5.73 Å². The molecule has 0 aromatic heterocycles. The zero-order valence-corrected chi connectivity index (χ0v) is 9.70. The molecule has 0 aliphatic rings. The number of carbonyl (C=O) groups excluding carboxylic acids is 1. The first-order valence-electron chi connectivity index (χ1n) is 5.50. The minimum absolute atomic E-state index is 0.0923. The van der Waals surface area contributed by atoms with Crippen LogP contribution < -0.4 is 5.73 Å². The molecule has 5 heteroatoms. The Labute approximate surface area is 103 Å². The first-order valence-corrected chi connectivity index (χ1v) is 5.50. The summed E-state index contributed by atoms with van der Waals surface area (Å²) >= 11 is 0. The van der Waals surface area contributed by atoms with Crippen LogP contribution in [0.5, 0.6) is 0 Å². The van der Waals surface area contributed by atoms with Gasteiger partial charge in [-0.3, -0.25) is 4.79 Å². The lowest BCUT2D eigenvalue weighted by Crippen LogP contribution is -2.07. The molecule has 0 amide bonds. The number of carbonyl (C=O) groups is 1. The van der Waals surface area contributed by atoms with E-state index in [4.69, 9.17) is 5.73 Å². The van der Waals surface area contributed by atoms with Crippen molar-refractivity contribution in [1.29, 1.82) is 0 Å². The summed E-state index contributed by atoms with van der Waals surface area (Å²) in [5.74, 6) is -0.309. The van der Waals surface area contributed by atoms with Crippen LogP contribution in [0.3, 0.4) is 0 Å². The van der Waals surface area contributed by atoms with Crippen LogP contribution in [-0.2, 0) is 4.79 Å². The number of halogens is 3. The monoisotopic (exact) mass is 257 g/mol. The zero-order chi connectivity index (χ0) is 13.6. The summed E-state index contributed by atoms with van der Waals surface area (Å²) in [5, 5.41) is 0. The molecule has 2 nitrogen and oxygen atoms in total. The van der Waals surface area contributed by atoms with Crippen molar-refractivity contribution in [3.8, 4) is 0 Å². The van der Waals surface area contributed by atoms with Crippen LogP contribution in [-0.4, -0.2) is 12.0 Å². The Balaban J connectivity index is 2.38. The molecule has 0 saturated heterocycles. The van der Waals surface area contributed by atoms with Gasteiger partial charge in [0.25, 0.3) is 0 Å². The van der Waals surface area contributed by atoms with Gasteiger partial charge in [0.05, 0.1) is 0 Å². The van der Waals surface area contributed by atoms with Crippen molar-refractivity contribution in [1.82, 2.24) is 0 Å². The van der Waals surface area contributed by atoms with Gasteiger partial charge in [0.2, 0.25) is 0 Å². The average Bonchev–Trinajstić information content (AvgIpc) is 2.26. The van der Waals surface area contributed by atoms with E-state index in [9.17, 15) is 18.0 Å². The predicted molar refractivity (Wildman–Crippen MR) is 64.8 cm³/mol. The second-order valence-corrected chi connectivity index (χ2v) is 3.94. The van der Waals surface area contributed by atoms with E-state index in [1.807, 2.05) is 0 Å². The molecule has 2 N–H and O–H groups in total. The van der Waals surface area contributed by atoms with Crippen molar-refractivity contribution >= 4 is 17.5 Å². The Bertz CT molecular complexity index is 421. The summed E-state index contributed by atoms with van der Waals surface area (Å²) in [4.78, 5) is 11.3. The molecule has 0 heterocycles. The molecule has 0 fully saturated rings. The van der Waals surface area contributed by atoms with Gasteiger partial charge in [0.15, 0.2) is 5.78 Å². The Morgan fingerprint density at radius 1 is 1.22 bits per heavy atom. The van der Waals surface area contributed by atoms with Gasteiger partial charge >= 0.3 is 6.18 Å².